The summed E-state index contributed by atoms with van der Waals surface area (Å²) in [7, 11) is 0. The molecule has 0 aliphatic heterocycles. The fourth-order valence-electron chi connectivity index (χ4n) is 4.83. The van der Waals surface area contributed by atoms with E-state index in [1.165, 1.54) is 5.56 Å². The average Bonchev–Trinajstić information content (AvgIpc) is 2.74. The summed E-state index contributed by atoms with van der Waals surface area (Å²) < 4.78 is 27.0. The van der Waals surface area contributed by atoms with Crippen molar-refractivity contribution in [2.24, 2.45) is 11.6 Å². The number of hydrazine groups is 1. The maximum atomic E-state index is 13.5. The minimum absolute atomic E-state index is 0.0132. The van der Waals surface area contributed by atoms with E-state index in [-0.39, 0.29) is 31.0 Å². The van der Waals surface area contributed by atoms with Gasteiger partial charge in [0, 0.05) is 31.5 Å². The molecule has 29 heavy (non-hydrogen) atoms. The molecule has 2 aliphatic carbocycles. The van der Waals surface area contributed by atoms with Gasteiger partial charge in [0.2, 0.25) is 5.92 Å². The van der Waals surface area contributed by atoms with E-state index in [2.05, 4.69) is 31.0 Å². The van der Waals surface area contributed by atoms with Gasteiger partial charge < -0.3 is 16.1 Å². The van der Waals surface area contributed by atoms with Crippen LogP contribution in [-0.4, -0.2) is 30.6 Å². The van der Waals surface area contributed by atoms with E-state index in [0.29, 0.717) is 19.4 Å². The number of anilines is 1. The number of hydrogen-bond acceptors (Lipinski definition) is 4. The lowest BCUT2D eigenvalue weighted by Crippen LogP contribution is -2.57. The van der Waals surface area contributed by atoms with E-state index in [4.69, 9.17) is 11.6 Å². The van der Waals surface area contributed by atoms with Gasteiger partial charge in [0.05, 0.1) is 11.7 Å². The smallest absolute Gasteiger partial charge is 0.248 e. The second-order valence-electron chi connectivity index (χ2n) is 8.67. The van der Waals surface area contributed by atoms with E-state index >= 15 is 0 Å². The summed E-state index contributed by atoms with van der Waals surface area (Å²) in [5, 5.41) is 5.57. The molecule has 4 nitrogen and oxygen atoms in total. The van der Waals surface area contributed by atoms with Crippen molar-refractivity contribution in [2.45, 2.75) is 88.8 Å². The van der Waals surface area contributed by atoms with Gasteiger partial charge >= 0.3 is 0 Å². The highest BCUT2D eigenvalue weighted by Gasteiger charge is 2.37. The van der Waals surface area contributed by atoms with Crippen LogP contribution in [0.1, 0.15) is 69.4 Å². The van der Waals surface area contributed by atoms with Crippen molar-refractivity contribution in [3.63, 3.8) is 0 Å². The largest absolute Gasteiger partial charge is 0.326 e. The van der Waals surface area contributed by atoms with Crippen LogP contribution >= 0.6 is 0 Å². The summed E-state index contributed by atoms with van der Waals surface area (Å²) in [4.78, 5) is 0. The third-order valence-corrected chi connectivity index (χ3v) is 6.65. The van der Waals surface area contributed by atoms with Gasteiger partial charge in [-0.3, -0.25) is 0 Å². The normalized spacial score (nSPS) is 25.0. The molecule has 0 bridgehead atoms. The molecule has 162 valence electrons. The number of hydrogen-bond donors (Lipinski definition) is 3. The molecule has 1 aromatic rings. The van der Waals surface area contributed by atoms with Crippen LogP contribution in [0.3, 0.4) is 0 Å². The summed E-state index contributed by atoms with van der Waals surface area (Å²) in [6.07, 6.45) is 6.28. The molecule has 2 aliphatic rings. The highest BCUT2D eigenvalue weighted by Crippen LogP contribution is 2.34. The Bertz CT molecular complexity index is 696. The quantitative estimate of drug-likeness (QED) is 0.464. The van der Waals surface area contributed by atoms with Gasteiger partial charge in [0.1, 0.15) is 0 Å². The zero-order valence-corrected chi connectivity index (χ0v) is 17.6. The number of alkyl halides is 2. The molecule has 0 amide bonds. The van der Waals surface area contributed by atoms with Crippen molar-refractivity contribution in [3.8, 4) is 0 Å². The first-order valence-corrected chi connectivity index (χ1v) is 11.0. The number of halogens is 2. The van der Waals surface area contributed by atoms with Gasteiger partial charge in [-0.1, -0.05) is 32.4 Å². The Morgan fingerprint density at radius 1 is 1.21 bits per heavy atom. The summed E-state index contributed by atoms with van der Waals surface area (Å²) >= 11 is 0. The van der Waals surface area contributed by atoms with Crippen molar-refractivity contribution < 1.29 is 8.78 Å². The first-order chi connectivity index (χ1) is 13.8. The third kappa shape index (κ3) is 5.36. The lowest BCUT2D eigenvalue weighted by Gasteiger charge is -2.42. The van der Waals surface area contributed by atoms with Gasteiger partial charge in [-0.2, -0.15) is 0 Å². The number of aryl methyl sites for hydroxylation is 1. The van der Waals surface area contributed by atoms with Gasteiger partial charge in [-0.05, 0) is 60.9 Å². The zero-order valence-electron chi connectivity index (χ0n) is 17.6. The Morgan fingerprint density at radius 3 is 2.55 bits per heavy atom. The number of rotatable bonds is 7. The predicted octanol–water partition coefficient (Wildman–Crippen LogP) is 4.38. The lowest BCUT2D eigenvalue weighted by atomic mass is 9.86. The molecule has 2 saturated carbocycles. The minimum Gasteiger partial charge on any atom is -0.326 e. The maximum absolute atomic E-state index is 13.5. The number of nitrogens with one attached hydrogen (secondary N) is 1. The topological polar surface area (TPSA) is 67.3 Å². The van der Waals surface area contributed by atoms with Gasteiger partial charge in [-0.25, -0.2) is 14.6 Å². The minimum atomic E-state index is -2.49. The van der Waals surface area contributed by atoms with Crippen LogP contribution in [-0.2, 0) is 6.42 Å². The second kappa shape index (κ2) is 9.54. The molecule has 2 fully saturated rings. The fourth-order valence-corrected chi connectivity index (χ4v) is 4.83. The Kier molecular flexibility index (Phi) is 7.30. The third-order valence-electron chi connectivity index (χ3n) is 6.65. The number of nitrogens with zero attached hydrogens (tertiary/aromatic N) is 1. The Labute approximate surface area is 173 Å². The van der Waals surface area contributed by atoms with Crippen LogP contribution in [0.4, 0.5) is 14.5 Å². The molecular formula is C23H36F2N4. The molecule has 5 N–H and O–H groups in total. The van der Waals surface area contributed by atoms with Crippen molar-refractivity contribution in [3.05, 3.63) is 35.9 Å². The molecule has 3 rings (SSSR count). The molecule has 2 atom stereocenters. The average molecular weight is 407 g/mol. The van der Waals surface area contributed by atoms with E-state index in [1.54, 1.807) is 0 Å². The van der Waals surface area contributed by atoms with E-state index in [9.17, 15) is 8.78 Å². The van der Waals surface area contributed by atoms with E-state index < -0.39 is 5.92 Å². The van der Waals surface area contributed by atoms with Gasteiger partial charge in [0.15, 0.2) is 0 Å². The van der Waals surface area contributed by atoms with Crippen molar-refractivity contribution >= 4 is 11.3 Å². The Balaban J connectivity index is 1.72. The van der Waals surface area contributed by atoms with E-state index in [1.807, 2.05) is 11.1 Å². The molecule has 0 heterocycles. The molecule has 0 spiro atoms. The van der Waals surface area contributed by atoms with Crippen LogP contribution < -0.4 is 21.9 Å². The standard InChI is InChI=1S/C23H36F2N4/c1-3-17-14-19(8-9-20(17)16(2)15-26)29(27)22-7-5-4-6-21(22)28-18-10-12-23(24,25)13-11-18/h8-9,14,18,21-22,28H,2-7,10-13,15,26-27H2,1H3. The monoisotopic (exact) mass is 406 g/mol. The SMILES string of the molecule is C=C(CN)c1ccc(N(N)C2CCCCC2NC2CCC(F)(F)CC2)cc1CC. The molecule has 2 unspecified atom stereocenters. The molecular weight excluding hydrogens is 370 g/mol. The molecule has 0 aromatic heterocycles. The fraction of sp³-hybridized carbons (Fsp3) is 0.652. The maximum Gasteiger partial charge on any atom is 0.248 e. The van der Waals surface area contributed by atoms with Crippen LogP contribution in [0, 0.1) is 0 Å². The lowest BCUT2D eigenvalue weighted by molar-refractivity contribution is -0.0417. The number of benzene rings is 1. The van der Waals surface area contributed by atoms with Gasteiger partial charge in [-0.15, -0.1) is 0 Å². The summed E-state index contributed by atoms with van der Waals surface area (Å²) in [5.41, 5.74) is 10.0. The van der Waals surface area contributed by atoms with Crippen LogP contribution in [0.15, 0.2) is 24.8 Å². The van der Waals surface area contributed by atoms with Crippen molar-refractivity contribution in [2.75, 3.05) is 11.6 Å². The first-order valence-electron chi connectivity index (χ1n) is 11.0. The predicted molar refractivity (Wildman–Crippen MR) is 117 cm³/mol. The highest BCUT2D eigenvalue weighted by atomic mass is 19.3. The van der Waals surface area contributed by atoms with Crippen molar-refractivity contribution in [1.29, 1.82) is 0 Å². The summed E-state index contributed by atoms with van der Waals surface area (Å²) in [6.45, 7) is 6.63. The van der Waals surface area contributed by atoms with E-state index in [0.717, 1.165) is 48.9 Å². The first kappa shape index (κ1) is 22.2. The number of nitrogens with two attached hydrogens (primary N) is 2. The molecule has 0 radical (unpaired) electrons. The van der Waals surface area contributed by atoms with Crippen LogP contribution in [0.2, 0.25) is 0 Å². The molecule has 0 saturated heterocycles. The summed E-state index contributed by atoms with van der Waals surface area (Å²) in [5.74, 6) is 4.13. The zero-order chi connectivity index (χ0) is 21.0. The molecule has 1 aromatic carbocycles. The molecule has 6 heteroatoms. The van der Waals surface area contributed by atoms with Crippen LogP contribution in [0.5, 0.6) is 0 Å². The Morgan fingerprint density at radius 2 is 1.90 bits per heavy atom. The van der Waals surface area contributed by atoms with Crippen molar-refractivity contribution in [1.82, 2.24) is 5.32 Å². The Hall–Kier alpha value is -1.50. The second-order valence-corrected chi connectivity index (χ2v) is 8.67. The van der Waals surface area contributed by atoms with Crippen LogP contribution in [0.25, 0.3) is 5.57 Å². The highest BCUT2D eigenvalue weighted by molar-refractivity contribution is 5.70. The van der Waals surface area contributed by atoms with Gasteiger partial charge in [0.25, 0.3) is 0 Å². The summed E-state index contributed by atoms with van der Waals surface area (Å²) in [6, 6.07) is 6.81.